The predicted octanol–water partition coefficient (Wildman–Crippen LogP) is 12.6. The van der Waals surface area contributed by atoms with Crippen LogP contribution in [0.25, 0.3) is 0 Å². The van der Waals surface area contributed by atoms with Crippen molar-refractivity contribution in [1.82, 2.24) is 0 Å². The van der Waals surface area contributed by atoms with Crippen LogP contribution in [0, 0.1) is 0 Å². The molecule has 292 valence electrons. The third-order valence-corrected chi connectivity index (χ3v) is 15.6. The molecule has 4 aromatic rings. The van der Waals surface area contributed by atoms with Crippen LogP contribution >= 0.6 is 15.8 Å². The van der Waals surface area contributed by atoms with E-state index in [4.69, 9.17) is 9.47 Å². The van der Waals surface area contributed by atoms with E-state index in [1.54, 1.807) is 0 Å². The Kier molecular flexibility index (Phi) is 12.9. The van der Waals surface area contributed by atoms with Crippen LogP contribution < -0.4 is 30.7 Å². The second kappa shape index (κ2) is 16.6. The summed E-state index contributed by atoms with van der Waals surface area (Å²) in [4.78, 5) is 0. The van der Waals surface area contributed by atoms with Crippen molar-refractivity contribution in [1.29, 1.82) is 0 Å². The maximum absolute atomic E-state index is 6.29. The molecule has 2 nitrogen and oxygen atoms in total. The minimum Gasteiger partial charge on any atom is -0.496 e. The molecular weight excluding hydrogens is 707 g/mol. The number of methoxy groups -OCH3 is 2. The summed E-state index contributed by atoms with van der Waals surface area (Å²) in [6, 6.07) is 32.1. The standard InChI is InChI=1S/C51H66O2P2/c1-35(34-54(37-24-18-16-19-25-37)38-26-20-17-21-27-38)29-36-23-22-28-45(36)55(39-30-41(48(2,3)4)46(52-14)42(31-39)49(5,6)7)40-32-43(50(8,9)10)47(53-15)44(33-40)51(11,12)13/h16-22,24-33H,23,34H2,1-15H3/b35-29+. The Morgan fingerprint density at radius 1 is 0.564 bits per heavy atom. The quantitative estimate of drug-likeness (QED) is 0.150. The SMILES string of the molecule is COc1c(C(C)(C)C)cc(P(C2=C(/C=C(\C)CP(c3ccccc3)c3ccccc3)CC=C2)c2cc(C(C)(C)C)c(OC)c(C(C)(C)C)c2)cc1C(C)(C)C. The fourth-order valence-corrected chi connectivity index (χ4v) is 12.5. The first-order chi connectivity index (χ1) is 25.6. The van der Waals surface area contributed by atoms with Crippen LogP contribution in [-0.4, -0.2) is 20.4 Å². The van der Waals surface area contributed by atoms with E-state index in [0.717, 1.165) is 24.1 Å². The van der Waals surface area contributed by atoms with Gasteiger partial charge in [-0.3, -0.25) is 0 Å². The number of benzene rings is 4. The summed E-state index contributed by atoms with van der Waals surface area (Å²) < 4.78 is 12.6. The second-order valence-electron chi connectivity index (χ2n) is 19.2. The van der Waals surface area contributed by atoms with E-state index in [0.29, 0.717) is 0 Å². The molecule has 4 aromatic carbocycles. The van der Waals surface area contributed by atoms with Crippen LogP contribution in [-0.2, 0) is 21.7 Å². The van der Waals surface area contributed by atoms with Crippen molar-refractivity contribution in [3.8, 4) is 11.5 Å². The van der Waals surface area contributed by atoms with Gasteiger partial charge in [0.05, 0.1) is 14.2 Å². The molecule has 0 atom stereocenters. The number of rotatable bonds is 10. The van der Waals surface area contributed by atoms with E-state index in [-0.39, 0.29) is 21.7 Å². The predicted molar refractivity (Wildman–Crippen MR) is 245 cm³/mol. The van der Waals surface area contributed by atoms with E-state index < -0.39 is 15.8 Å². The Morgan fingerprint density at radius 2 is 0.927 bits per heavy atom. The fraction of sp³-hybridized carbons (Fsp3) is 0.412. The van der Waals surface area contributed by atoms with Gasteiger partial charge in [-0.1, -0.05) is 168 Å². The monoisotopic (exact) mass is 772 g/mol. The third-order valence-electron chi connectivity index (χ3n) is 10.5. The van der Waals surface area contributed by atoms with Crippen LogP contribution in [0.3, 0.4) is 0 Å². The van der Waals surface area contributed by atoms with Crippen molar-refractivity contribution in [2.24, 2.45) is 0 Å². The minimum atomic E-state index is -0.976. The van der Waals surface area contributed by atoms with Crippen LogP contribution in [0.15, 0.2) is 120 Å². The molecule has 0 aliphatic heterocycles. The van der Waals surface area contributed by atoms with Crippen LogP contribution in [0.2, 0.25) is 0 Å². The summed E-state index contributed by atoms with van der Waals surface area (Å²) in [6.07, 6.45) is 9.32. The van der Waals surface area contributed by atoms with Gasteiger partial charge in [-0.15, -0.1) is 0 Å². The molecule has 1 aliphatic carbocycles. The molecule has 0 heterocycles. The molecule has 55 heavy (non-hydrogen) atoms. The van der Waals surface area contributed by atoms with Gasteiger partial charge in [-0.2, -0.15) is 0 Å². The van der Waals surface area contributed by atoms with Crippen molar-refractivity contribution in [2.45, 2.75) is 118 Å². The summed E-state index contributed by atoms with van der Waals surface area (Å²) in [7, 11) is 2.16. The molecule has 0 saturated carbocycles. The smallest absolute Gasteiger partial charge is 0.126 e. The maximum Gasteiger partial charge on any atom is 0.126 e. The molecule has 0 unspecified atom stereocenters. The van der Waals surface area contributed by atoms with Crippen LogP contribution in [0.1, 0.15) is 119 Å². The van der Waals surface area contributed by atoms with Gasteiger partial charge < -0.3 is 9.47 Å². The number of ether oxygens (including phenoxy) is 2. The highest BCUT2D eigenvalue weighted by molar-refractivity contribution is 7.77. The lowest BCUT2D eigenvalue weighted by molar-refractivity contribution is 0.381. The number of allylic oxidation sites excluding steroid dienone is 6. The first-order valence-corrected chi connectivity index (χ1v) is 22.7. The zero-order valence-corrected chi connectivity index (χ0v) is 38.2. The van der Waals surface area contributed by atoms with Gasteiger partial charge in [0.25, 0.3) is 0 Å². The molecule has 0 saturated heterocycles. The third kappa shape index (κ3) is 9.75. The molecule has 5 rings (SSSR count). The average molecular weight is 773 g/mol. The summed E-state index contributed by atoms with van der Waals surface area (Å²) in [5.41, 5.74) is 7.45. The molecule has 1 aliphatic rings. The lowest BCUT2D eigenvalue weighted by Crippen LogP contribution is -2.26. The zero-order chi connectivity index (χ0) is 40.5. The van der Waals surface area contributed by atoms with Gasteiger partial charge >= 0.3 is 0 Å². The van der Waals surface area contributed by atoms with E-state index in [2.05, 4.69) is 193 Å². The average Bonchev–Trinajstić information content (AvgIpc) is 3.56. The minimum absolute atomic E-state index is 0.110. The largest absolute Gasteiger partial charge is 0.496 e. The Labute approximate surface area is 337 Å². The lowest BCUT2D eigenvalue weighted by atomic mass is 9.79. The lowest BCUT2D eigenvalue weighted by Gasteiger charge is -2.34. The zero-order valence-electron chi connectivity index (χ0n) is 36.4. The molecule has 4 heteroatoms. The topological polar surface area (TPSA) is 18.5 Å². The summed E-state index contributed by atoms with van der Waals surface area (Å²) in [5.74, 6) is 2.03. The first kappa shape index (κ1) is 42.7. The highest BCUT2D eigenvalue weighted by Gasteiger charge is 2.34. The van der Waals surface area contributed by atoms with E-state index in [9.17, 15) is 0 Å². The molecule has 0 fully saturated rings. The van der Waals surface area contributed by atoms with Crippen molar-refractivity contribution in [2.75, 3.05) is 20.4 Å². The number of hydrogen-bond donors (Lipinski definition) is 0. The Balaban J connectivity index is 1.82. The first-order valence-electron chi connectivity index (χ1n) is 19.9. The second-order valence-corrected chi connectivity index (χ2v) is 23.6. The summed E-state index contributed by atoms with van der Waals surface area (Å²) >= 11 is 0. The molecular formula is C51H66O2P2. The van der Waals surface area contributed by atoms with Gasteiger partial charge in [-0.05, 0) is 113 Å². The van der Waals surface area contributed by atoms with Gasteiger partial charge in [-0.25, -0.2) is 0 Å². The van der Waals surface area contributed by atoms with Crippen molar-refractivity contribution >= 4 is 37.1 Å². The Morgan fingerprint density at radius 3 is 1.25 bits per heavy atom. The van der Waals surface area contributed by atoms with Crippen molar-refractivity contribution in [3.63, 3.8) is 0 Å². The van der Waals surface area contributed by atoms with E-state index in [1.165, 1.54) is 59.9 Å². The normalized spacial score (nSPS) is 14.4. The van der Waals surface area contributed by atoms with Gasteiger partial charge in [0, 0.05) is 22.3 Å². The molecule has 0 bridgehead atoms. The van der Waals surface area contributed by atoms with E-state index >= 15 is 0 Å². The van der Waals surface area contributed by atoms with Crippen molar-refractivity contribution in [3.05, 3.63) is 142 Å². The van der Waals surface area contributed by atoms with Crippen LogP contribution in [0.5, 0.6) is 11.5 Å². The Bertz CT molecular complexity index is 1860. The van der Waals surface area contributed by atoms with Gasteiger partial charge in [0.2, 0.25) is 0 Å². The maximum atomic E-state index is 6.29. The molecule has 0 aromatic heterocycles. The van der Waals surface area contributed by atoms with Gasteiger partial charge in [0.15, 0.2) is 0 Å². The molecule has 0 N–H and O–H groups in total. The highest BCUT2D eigenvalue weighted by Crippen LogP contribution is 2.53. The highest BCUT2D eigenvalue weighted by atomic mass is 31.1. The van der Waals surface area contributed by atoms with E-state index in [1.807, 2.05) is 14.2 Å². The number of hydrogen-bond acceptors (Lipinski definition) is 2. The summed E-state index contributed by atoms with van der Waals surface area (Å²) in [6.45, 7) is 30.1. The van der Waals surface area contributed by atoms with Gasteiger partial charge in [0.1, 0.15) is 11.5 Å². The molecule has 0 amide bonds. The Hall–Kier alpha value is -3.44. The molecule has 0 spiro atoms. The van der Waals surface area contributed by atoms with Crippen LogP contribution in [0.4, 0.5) is 0 Å². The molecule has 0 radical (unpaired) electrons. The van der Waals surface area contributed by atoms with Crippen molar-refractivity contribution < 1.29 is 9.47 Å². The summed E-state index contributed by atoms with van der Waals surface area (Å²) in [5, 5.41) is 7.02. The fourth-order valence-electron chi connectivity index (χ4n) is 7.58.